The highest BCUT2D eigenvalue weighted by atomic mass is 127. The second kappa shape index (κ2) is 11.3. The van der Waals surface area contributed by atoms with Gasteiger partial charge in [-0.2, -0.15) is 0 Å². The first-order chi connectivity index (χ1) is 10.3. The third-order valence-corrected chi connectivity index (χ3v) is 4.04. The van der Waals surface area contributed by atoms with E-state index >= 15 is 0 Å². The number of piperidine rings is 1. The molecule has 4 nitrogen and oxygen atoms in total. The molecule has 1 aliphatic rings. The summed E-state index contributed by atoms with van der Waals surface area (Å²) in [5.41, 5.74) is 1.66. The third-order valence-electron chi connectivity index (χ3n) is 4.04. The number of nitrogens with one attached hydrogen (secondary N) is 2. The summed E-state index contributed by atoms with van der Waals surface area (Å²) in [6.07, 6.45) is 4.77. The summed E-state index contributed by atoms with van der Waals surface area (Å²) in [7, 11) is 1.86. The molecule has 0 unspecified atom stereocenters. The van der Waals surface area contributed by atoms with Crippen molar-refractivity contribution in [2.75, 3.05) is 33.2 Å². The van der Waals surface area contributed by atoms with E-state index in [1.54, 1.807) is 0 Å². The average Bonchev–Trinajstić information content (AvgIpc) is 2.42. The van der Waals surface area contributed by atoms with Gasteiger partial charge in [0.15, 0.2) is 5.96 Å². The van der Waals surface area contributed by atoms with E-state index in [1.165, 1.54) is 31.3 Å². The Morgan fingerprint density at radius 1 is 1.26 bits per heavy atom. The fourth-order valence-corrected chi connectivity index (χ4v) is 2.83. The van der Waals surface area contributed by atoms with Gasteiger partial charge in [0.2, 0.25) is 0 Å². The number of nitrogens with zero attached hydrogens (tertiary/aromatic N) is 2. The molecule has 0 atom stereocenters. The Morgan fingerprint density at radius 3 is 2.35 bits per heavy atom. The summed E-state index contributed by atoms with van der Waals surface area (Å²) in [6, 6.07) is 0.537. The van der Waals surface area contributed by atoms with E-state index < -0.39 is 0 Å². The Kier molecular flexibility index (Phi) is 11.1. The van der Waals surface area contributed by atoms with Crippen molar-refractivity contribution < 1.29 is 0 Å². The first-order valence-electron chi connectivity index (χ1n) is 8.64. The van der Waals surface area contributed by atoms with Gasteiger partial charge >= 0.3 is 0 Å². The van der Waals surface area contributed by atoms with Crippen LogP contribution in [0.1, 0.15) is 53.4 Å². The van der Waals surface area contributed by atoms with E-state index in [9.17, 15) is 0 Å². The van der Waals surface area contributed by atoms with Crippen LogP contribution in [0, 0.1) is 5.41 Å². The Balaban J connectivity index is 0.00000484. The molecule has 1 saturated heterocycles. The van der Waals surface area contributed by atoms with Crippen LogP contribution in [0.4, 0.5) is 0 Å². The van der Waals surface area contributed by atoms with Gasteiger partial charge in [0.25, 0.3) is 0 Å². The smallest absolute Gasteiger partial charge is 0.191 e. The highest BCUT2D eigenvalue weighted by Gasteiger charge is 2.19. The van der Waals surface area contributed by atoms with Crippen molar-refractivity contribution in [1.29, 1.82) is 0 Å². The minimum absolute atomic E-state index is 0. The van der Waals surface area contributed by atoms with Crippen molar-refractivity contribution >= 4 is 29.9 Å². The molecule has 1 aliphatic heterocycles. The number of hydrogen-bond donors (Lipinski definition) is 2. The summed E-state index contributed by atoms with van der Waals surface area (Å²) >= 11 is 0. The van der Waals surface area contributed by atoms with Crippen LogP contribution in [-0.2, 0) is 0 Å². The maximum absolute atomic E-state index is 4.35. The molecule has 0 aromatic rings. The molecular formula is C18H37IN4. The molecule has 23 heavy (non-hydrogen) atoms. The van der Waals surface area contributed by atoms with Crippen molar-refractivity contribution in [3.05, 3.63) is 12.2 Å². The molecular weight excluding hydrogens is 399 g/mol. The third kappa shape index (κ3) is 11.0. The van der Waals surface area contributed by atoms with Crippen molar-refractivity contribution in [3.8, 4) is 0 Å². The average molecular weight is 436 g/mol. The molecule has 0 aromatic carbocycles. The van der Waals surface area contributed by atoms with E-state index in [4.69, 9.17) is 0 Å². The molecule has 2 N–H and O–H groups in total. The highest BCUT2D eigenvalue weighted by molar-refractivity contribution is 14.0. The summed E-state index contributed by atoms with van der Waals surface area (Å²) < 4.78 is 0. The van der Waals surface area contributed by atoms with Gasteiger partial charge in [-0.1, -0.05) is 32.9 Å². The maximum Gasteiger partial charge on any atom is 0.191 e. The van der Waals surface area contributed by atoms with Gasteiger partial charge in [0, 0.05) is 39.3 Å². The number of hydrogen-bond acceptors (Lipinski definition) is 2. The van der Waals surface area contributed by atoms with Gasteiger partial charge in [0.1, 0.15) is 0 Å². The lowest BCUT2D eigenvalue weighted by Crippen LogP contribution is -2.49. The van der Waals surface area contributed by atoms with E-state index in [2.05, 4.69) is 54.8 Å². The molecule has 0 spiro atoms. The van der Waals surface area contributed by atoms with E-state index in [0.717, 1.165) is 32.1 Å². The van der Waals surface area contributed by atoms with Crippen molar-refractivity contribution in [1.82, 2.24) is 15.5 Å². The molecule has 0 bridgehead atoms. The summed E-state index contributed by atoms with van der Waals surface area (Å²) in [5.74, 6) is 0.951. The van der Waals surface area contributed by atoms with Crippen LogP contribution in [0.15, 0.2) is 17.1 Å². The number of rotatable bonds is 6. The number of guanidine groups is 1. The quantitative estimate of drug-likeness (QED) is 0.220. The summed E-state index contributed by atoms with van der Waals surface area (Å²) in [6.45, 7) is 17.3. The van der Waals surface area contributed by atoms with Crippen molar-refractivity contribution in [2.45, 2.75) is 59.4 Å². The molecule has 0 radical (unpaired) electrons. The number of halogens is 1. The van der Waals surface area contributed by atoms with Gasteiger partial charge in [-0.25, -0.2) is 0 Å². The number of aliphatic imine (C=N–C) groups is 1. The Bertz CT molecular complexity index is 366. The zero-order chi connectivity index (χ0) is 16.6. The monoisotopic (exact) mass is 436 g/mol. The van der Waals surface area contributed by atoms with Gasteiger partial charge in [-0.3, -0.25) is 9.89 Å². The Morgan fingerprint density at radius 2 is 1.87 bits per heavy atom. The SMILES string of the molecule is C=C(C)CN1CCC(NC(=NC)NCCCC(C)(C)C)CC1.I. The summed E-state index contributed by atoms with van der Waals surface area (Å²) in [5, 5.41) is 7.01. The molecule has 1 fully saturated rings. The fourth-order valence-electron chi connectivity index (χ4n) is 2.83. The molecule has 0 aliphatic carbocycles. The molecule has 0 aromatic heterocycles. The normalized spacial score (nSPS) is 17.5. The van der Waals surface area contributed by atoms with Gasteiger partial charge < -0.3 is 10.6 Å². The first-order valence-corrected chi connectivity index (χ1v) is 8.64. The van der Waals surface area contributed by atoms with Crippen LogP contribution in [0.25, 0.3) is 0 Å². The number of likely N-dealkylation sites (tertiary alicyclic amines) is 1. The van der Waals surface area contributed by atoms with Gasteiger partial charge in [-0.05, 0) is 38.0 Å². The molecule has 0 amide bonds. The topological polar surface area (TPSA) is 39.7 Å². The zero-order valence-electron chi connectivity index (χ0n) is 15.7. The molecule has 1 heterocycles. The predicted octanol–water partition coefficient (Wildman–Crippen LogP) is 3.64. The van der Waals surface area contributed by atoms with Crippen molar-refractivity contribution in [2.24, 2.45) is 10.4 Å². The molecule has 5 heteroatoms. The van der Waals surface area contributed by atoms with Crippen LogP contribution in [0.3, 0.4) is 0 Å². The van der Waals surface area contributed by atoms with Crippen LogP contribution < -0.4 is 10.6 Å². The zero-order valence-corrected chi connectivity index (χ0v) is 18.1. The minimum atomic E-state index is 0. The minimum Gasteiger partial charge on any atom is -0.356 e. The molecule has 0 saturated carbocycles. The largest absolute Gasteiger partial charge is 0.356 e. The van der Waals surface area contributed by atoms with Gasteiger partial charge in [-0.15, -0.1) is 24.0 Å². The van der Waals surface area contributed by atoms with Crippen molar-refractivity contribution in [3.63, 3.8) is 0 Å². The van der Waals surface area contributed by atoms with Crippen LogP contribution >= 0.6 is 24.0 Å². The predicted molar refractivity (Wildman–Crippen MR) is 113 cm³/mol. The van der Waals surface area contributed by atoms with Crippen LogP contribution in [0.5, 0.6) is 0 Å². The fraction of sp³-hybridized carbons (Fsp3) is 0.833. The molecule has 1 rings (SSSR count). The van der Waals surface area contributed by atoms with E-state index in [1.807, 2.05) is 7.05 Å². The lowest BCUT2D eigenvalue weighted by Gasteiger charge is -2.33. The lowest BCUT2D eigenvalue weighted by molar-refractivity contribution is 0.221. The van der Waals surface area contributed by atoms with E-state index in [-0.39, 0.29) is 24.0 Å². The second-order valence-electron chi connectivity index (χ2n) is 7.82. The van der Waals surface area contributed by atoms with Crippen LogP contribution in [-0.4, -0.2) is 50.1 Å². The second-order valence-corrected chi connectivity index (χ2v) is 7.82. The maximum atomic E-state index is 4.35. The van der Waals surface area contributed by atoms with Crippen LogP contribution in [0.2, 0.25) is 0 Å². The summed E-state index contributed by atoms with van der Waals surface area (Å²) in [4.78, 5) is 6.84. The lowest BCUT2D eigenvalue weighted by atomic mass is 9.91. The first kappa shape index (κ1) is 22.7. The van der Waals surface area contributed by atoms with Gasteiger partial charge in [0.05, 0.1) is 0 Å². The highest BCUT2D eigenvalue weighted by Crippen LogP contribution is 2.19. The Hall–Kier alpha value is -0.300. The Labute approximate surface area is 160 Å². The van der Waals surface area contributed by atoms with E-state index in [0.29, 0.717) is 11.5 Å². The molecule has 136 valence electrons. The standard InChI is InChI=1S/C18H36N4.HI/c1-15(2)14-22-12-8-16(9-13-22)21-17(19-6)20-11-7-10-18(3,4)5;/h16H,1,7-14H2,2-6H3,(H2,19,20,21);1H.